The zero-order valence-corrected chi connectivity index (χ0v) is 23.6. The van der Waals surface area contributed by atoms with Crippen molar-refractivity contribution in [3.63, 3.8) is 0 Å². The third kappa shape index (κ3) is 15.7. The summed E-state index contributed by atoms with van der Waals surface area (Å²) >= 11 is 0. The minimum atomic E-state index is -1.23. The number of guanidine groups is 2. The lowest BCUT2D eigenvalue weighted by Crippen LogP contribution is -2.58. The maximum atomic E-state index is 13.3. The van der Waals surface area contributed by atoms with Gasteiger partial charge in [-0.15, -0.1) is 0 Å². The quantitative estimate of drug-likeness (QED) is 0.0379. The zero-order valence-electron chi connectivity index (χ0n) is 23.6. The summed E-state index contributed by atoms with van der Waals surface area (Å²) in [5.41, 5.74) is 32.7. The molecule has 16 N–H and O–H groups in total. The molecule has 0 aliphatic heterocycles. The largest absolute Gasteiger partial charge is 0.480 e. The minimum Gasteiger partial charge on any atom is -0.480 e. The van der Waals surface area contributed by atoms with Gasteiger partial charge in [-0.1, -0.05) is 20.3 Å². The fraction of sp³-hybridized carbons (Fsp3) is 0.750. The maximum Gasteiger partial charge on any atom is 0.326 e. The van der Waals surface area contributed by atoms with Gasteiger partial charge in [0.05, 0.1) is 6.04 Å². The molecule has 0 rings (SSSR count). The molecule has 0 aliphatic rings. The summed E-state index contributed by atoms with van der Waals surface area (Å²) in [7, 11) is 0. The number of carboxylic acid groups (broad SMARTS) is 1. The molecule has 0 aromatic carbocycles. The van der Waals surface area contributed by atoms with E-state index in [9.17, 15) is 24.3 Å². The Kier molecular flexibility index (Phi) is 18.4. The lowest BCUT2D eigenvalue weighted by Gasteiger charge is -2.28. The van der Waals surface area contributed by atoms with Gasteiger partial charge in [-0.2, -0.15) is 0 Å². The second-order valence-corrected chi connectivity index (χ2v) is 9.62. The number of amides is 3. The summed E-state index contributed by atoms with van der Waals surface area (Å²) in [6, 6.07) is -4.12. The van der Waals surface area contributed by atoms with Crippen LogP contribution in [-0.4, -0.2) is 84.5 Å². The Morgan fingerprint density at radius 2 is 1.27 bits per heavy atom. The van der Waals surface area contributed by atoms with Gasteiger partial charge in [0.1, 0.15) is 18.1 Å². The van der Waals surface area contributed by atoms with Gasteiger partial charge in [-0.3, -0.25) is 24.4 Å². The highest BCUT2D eigenvalue weighted by molar-refractivity contribution is 5.94. The fourth-order valence-corrected chi connectivity index (χ4v) is 3.67. The predicted octanol–water partition coefficient (Wildman–Crippen LogP) is -2.87. The number of hydrogen-bond donors (Lipinski definition) is 10. The van der Waals surface area contributed by atoms with E-state index in [0.29, 0.717) is 45.2 Å². The average molecular weight is 572 g/mol. The molecule has 16 nitrogen and oxygen atoms in total. The molecule has 0 spiro atoms. The molecule has 5 atom stereocenters. The van der Waals surface area contributed by atoms with Crippen molar-refractivity contribution in [1.29, 1.82) is 0 Å². The van der Waals surface area contributed by atoms with Crippen molar-refractivity contribution < 1.29 is 24.3 Å². The molecule has 0 aromatic heterocycles. The SMILES string of the molecule is CCC(C)C(NC(=O)C(CCCCN)NC(=O)C(N)CCCN=C(N)N)C(=O)NC(CCCN=C(N)N)C(=O)O. The van der Waals surface area contributed by atoms with Crippen LogP contribution in [0.15, 0.2) is 9.98 Å². The Hall–Kier alpha value is -3.66. The van der Waals surface area contributed by atoms with E-state index < -0.39 is 47.9 Å². The van der Waals surface area contributed by atoms with E-state index in [0.717, 1.165) is 0 Å². The van der Waals surface area contributed by atoms with Crippen molar-refractivity contribution in [2.75, 3.05) is 19.6 Å². The molecular formula is C24H49N11O5. The summed E-state index contributed by atoms with van der Waals surface area (Å²) in [6.07, 6.45) is 3.11. The number of carboxylic acids is 1. The zero-order chi connectivity index (χ0) is 30.7. The van der Waals surface area contributed by atoms with E-state index in [1.54, 1.807) is 6.92 Å². The lowest BCUT2D eigenvalue weighted by molar-refractivity contribution is -0.143. The Balaban J connectivity index is 5.48. The van der Waals surface area contributed by atoms with E-state index in [2.05, 4.69) is 25.9 Å². The second-order valence-electron chi connectivity index (χ2n) is 9.62. The van der Waals surface area contributed by atoms with Crippen molar-refractivity contribution in [3.05, 3.63) is 0 Å². The number of rotatable bonds is 21. The van der Waals surface area contributed by atoms with E-state index in [1.165, 1.54) is 0 Å². The topological polar surface area (TPSA) is 305 Å². The van der Waals surface area contributed by atoms with Crippen molar-refractivity contribution >= 4 is 35.6 Å². The summed E-state index contributed by atoms with van der Waals surface area (Å²) in [5, 5.41) is 17.4. The molecule has 0 saturated heterocycles. The van der Waals surface area contributed by atoms with Gasteiger partial charge in [0.15, 0.2) is 11.9 Å². The summed E-state index contributed by atoms with van der Waals surface area (Å²) < 4.78 is 0. The number of carbonyl (C=O) groups excluding carboxylic acids is 3. The van der Waals surface area contributed by atoms with Crippen LogP contribution < -0.4 is 50.4 Å². The van der Waals surface area contributed by atoms with Gasteiger partial charge in [-0.05, 0) is 57.4 Å². The Morgan fingerprint density at radius 3 is 1.77 bits per heavy atom. The monoisotopic (exact) mass is 571 g/mol. The van der Waals surface area contributed by atoms with Crippen LogP contribution in [0, 0.1) is 5.92 Å². The molecule has 0 fully saturated rings. The number of unbranched alkanes of at least 4 members (excludes halogenated alkanes) is 1. The first-order valence-corrected chi connectivity index (χ1v) is 13.5. The second kappa shape index (κ2) is 20.3. The van der Waals surface area contributed by atoms with Crippen LogP contribution in [0.2, 0.25) is 0 Å². The molecule has 0 heterocycles. The van der Waals surface area contributed by atoms with Crippen molar-refractivity contribution in [3.8, 4) is 0 Å². The maximum absolute atomic E-state index is 13.3. The van der Waals surface area contributed by atoms with Gasteiger partial charge < -0.3 is 55.5 Å². The smallest absolute Gasteiger partial charge is 0.326 e. The van der Waals surface area contributed by atoms with Crippen molar-refractivity contribution in [2.45, 2.75) is 89.4 Å². The number of nitrogens with zero attached hydrogens (tertiary/aromatic N) is 2. The summed E-state index contributed by atoms with van der Waals surface area (Å²) in [6.45, 7) is 4.51. The third-order valence-electron chi connectivity index (χ3n) is 6.24. The predicted molar refractivity (Wildman–Crippen MR) is 154 cm³/mol. The van der Waals surface area contributed by atoms with Crippen LogP contribution in [0.1, 0.15) is 65.2 Å². The standard InChI is InChI=1S/C24H49N11O5/c1-3-14(2)18(21(38)34-17(22(39)40)10-7-13-32-24(29)30)35-20(37)16(9-4-5-11-25)33-19(36)15(26)8-6-12-31-23(27)28/h14-18H,3-13,25-26H2,1-2H3,(H,33,36)(H,34,38)(H,35,37)(H,39,40)(H4,27,28,31)(H4,29,30,32). The highest BCUT2D eigenvalue weighted by Crippen LogP contribution is 2.11. The molecule has 0 bridgehead atoms. The van der Waals surface area contributed by atoms with Gasteiger partial charge in [0, 0.05) is 13.1 Å². The van der Waals surface area contributed by atoms with Gasteiger partial charge in [0.25, 0.3) is 0 Å². The molecule has 40 heavy (non-hydrogen) atoms. The minimum absolute atomic E-state index is 0.0600. The molecule has 5 unspecified atom stereocenters. The van der Waals surface area contributed by atoms with Crippen LogP contribution in [0.3, 0.4) is 0 Å². The van der Waals surface area contributed by atoms with Crippen LogP contribution in [0.4, 0.5) is 0 Å². The molecule has 230 valence electrons. The lowest BCUT2D eigenvalue weighted by atomic mass is 9.96. The first-order valence-electron chi connectivity index (χ1n) is 13.5. The number of aliphatic imine (C=N–C) groups is 2. The molecule has 16 heteroatoms. The van der Waals surface area contributed by atoms with E-state index >= 15 is 0 Å². The van der Waals surface area contributed by atoms with Gasteiger partial charge >= 0.3 is 5.97 Å². The molecular weight excluding hydrogens is 522 g/mol. The van der Waals surface area contributed by atoms with E-state index in [4.69, 9.17) is 34.4 Å². The summed E-state index contributed by atoms with van der Waals surface area (Å²) in [4.78, 5) is 58.5. The highest BCUT2D eigenvalue weighted by Gasteiger charge is 2.32. The molecule has 0 radical (unpaired) electrons. The Bertz CT molecular complexity index is 860. The Labute approximate surface area is 235 Å². The number of carbonyl (C=O) groups is 4. The highest BCUT2D eigenvalue weighted by atomic mass is 16.4. The first kappa shape index (κ1) is 36.3. The van der Waals surface area contributed by atoms with Gasteiger partial charge in [0.2, 0.25) is 17.7 Å². The first-order chi connectivity index (χ1) is 18.8. The average Bonchev–Trinajstić information content (AvgIpc) is 2.89. The molecule has 0 aromatic rings. The normalized spacial score (nSPS) is 14.5. The van der Waals surface area contributed by atoms with E-state index in [1.807, 2.05) is 6.92 Å². The van der Waals surface area contributed by atoms with Crippen LogP contribution in [0.5, 0.6) is 0 Å². The Morgan fingerprint density at radius 1 is 0.750 bits per heavy atom. The van der Waals surface area contributed by atoms with Gasteiger partial charge in [-0.25, -0.2) is 4.79 Å². The molecule has 3 amide bonds. The number of aliphatic carboxylic acids is 1. The molecule has 0 saturated carbocycles. The number of nitrogens with two attached hydrogens (primary N) is 6. The fourth-order valence-electron chi connectivity index (χ4n) is 3.67. The molecule has 0 aliphatic carbocycles. The number of nitrogens with one attached hydrogen (secondary N) is 3. The summed E-state index contributed by atoms with van der Waals surface area (Å²) in [5.74, 6) is -3.51. The third-order valence-corrected chi connectivity index (χ3v) is 6.24. The van der Waals surface area contributed by atoms with E-state index in [-0.39, 0.29) is 43.6 Å². The van der Waals surface area contributed by atoms with Crippen molar-refractivity contribution in [2.24, 2.45) is 50.3 Å². The van der Waals surface area contributed by atoms with Crippen molar-refractivity contribution in [1.82, 2.24) is 16.0 Å². The van der Waals surface area contributed by atoms with Crippen LogP contribution in [0.25, 0.3) is 0 Å². The number of hydrogen-bond acceptors (Lipinski definition) is 8. The van der Waals surface area contributed by atoms with Crippen LogP contribution >= 0.6 is 0 Å². The van der Waals surface area contributed by atoms with Crippen LogP contribution in [-0.2, 0) is 19.2 Å².